The first-order chi connectivity index (χ1) is 20.4. The van der Waals surface area contributed by atoms with E-state index < -0.39 is 74.3 Å². The first-order valence-electron chi connectivity index (χ1n) is 14.1. The molecule has 1 aromatic carbocycles. The Labute approximate surface area is 252 Å². The maximum Gasteiger partial charge on any atom is 0.433 e. The Bertz CT molecular complexity index is 1620. The van der Waals surface area contributed by atoms with E-state index in [9.17, 15) is 36.0 Å². The van der Waals surface area contributed by atoms with Crippen LogP contribution in [0.5, 0.6) is 5.75 Å². The molecule has 15 heteroatoms. The van der Waals surface area contributed by atoms with Gasteiger partial charge in [0.15, 0.2) is 0 Å². The number of likely N-dealkylation sites (tertiary alicyclic amines) is 1. The van der Waals surface area contributed by atoms with Crippen LogP contribution in [0.3, 0.4) is 0 Å². The minimum atomic E-state index is -4.75. The molecule has 2 aromatic rings. The number of nitrogens with one attached hydrogen (secondary N) is 2. The third kappa shape index (κ3) is 6.47. The minimum Gasteiger partial charge on any atom is -0.488 e. The summed E-state index contributed by atoms with van der Waals surface area (Å²) >= 11 is 0. The SMILES string of the molecule is C=CC1C[C@]1(NC(=O)[C@@H]1C[C@@H](Oc2cc(C(F)(F)F)nc3ccccc23)CN1C(=O)OC(C)(C)C)C(=O)NS(=O)(=O)C1CC1. The zero-order valence-electron chi connectivity index (χ0n) is 24.3. The molecule has 11 nitrogen and oxygen atoms in total. The van der Waals surface area contributed by atoms with Gasteiger partial charge in [0.25, 0.3) is 5.91 Å². The highest BCUT2D eigenvalue weighted by Crippen LogP contribution is 2.45. The topological polar surface area (TPSA) is 144 Å². The number of aromatic nitrogens is 1. The summed E-state index contributed by atoms with van der Waals surface area (Å²) in [4.78, 5) is 44.9. The lowest BCUT2D eigenvalue weighted by Crippen LogP contribution is -2.56. The van der Waals surface area contributed by atoms with Crippen molar-refractivity contribution in [2.45, 2.75) is 81.2 Å². The second-order valence-electron chi connectivity index (χ2n) is 12.3. The average molecular weight is 639 g/mol. The molecule has 0 spiro atoms. The van der Waals surface area contributed by atoms with Crippen LogP contribution in [0.25, 0.3) is 10.9 Å². The van der Waals surface area contributed by atoms with Gasteiger partial charge in [-0.15, -0.1) is 6.58 Å². The van der Waals surface area contributed by atoms with Crippen molar-refractivity contribution in [2.24, 2.45) is 5.92 Å². The number of alkyl halides is 3. The molecule has 2 saturated carbocycles. The Kier molecular flexibility index (Phi) is 7.83. The molecule has 2 heterocycles. The van der Waals surface area contributed by atoms with Crippen molar-refractivity contribution in [3.8, 4) is 5.75 Å². The Morgan fingerprint density at radius 3 is 2.43 bits per heavy atom. The summed E-state index contributed by atoms with van der Waals surface area (Å²) in [6.07, 6.45) is -4.34. The molecular weight excluding hydrogens is 605 g/mol. The van der Waals surface area contributed by atoms with Crippen molar-refractivity contribution < 1.29 is 45.4 Å². The predicted octanol–water partition coefficient (Wildman–Crippen LogP) is 3.68. The highest BCUT2D eigenvalue weighted by atomic mass is 32.2. The van der Waals surface area contributed by atoms with Crippen LogP contribution in [-0.4, -0.2) is 71.3 Å². The fraction of sp³-hybridized carbons (Fsp3) is 0.517. The second kappa shape index (κ2) is 10.9. The van der Waals surface area contributed by atoms with Crippen LogP contribution in [-0.2, 0) is 30.5 Å². The molecule has 4 atom stereocenters. The van der Waals surface area contributed by atoms with Gasteiger partial charge in [-0.05, 0) is 52.2 Å². The third-order valence-electron chi connectivity index (χ3n) is 7.70. The molecule has 2 aliphatic carbocycles. The highest BCUT2D eigenvalue weighted by Gasteiger charge is 2.62. The molecule has 0 radical (unpaired) electrons. The Hall–Kier alpha value is -3.88. The number of sulfonamides is 1. The summed E-state index contributed by atoms with van der Waals surface area (Å²) in [5.41, 5.74) is -3.65. The van der Waals surface area contributed by atoms with Crippen molar-refractivity contribution >= 4 is 38.8 Å². The van der Waals surface area contributed by atoms with Crippen LogP contribution in [0.4, 0.5) is 18.0 Å². The first kappa shape index (κ1) is 31.5. The zero-order chi connectivity index (χ0) is 32.2. The van der Waals surface area contributed by atoms with Gasteiger partial charge < -0.3 is 14.8 Å². The largest absolute Gasteiger partial charge is 0.488 e. The highest BCUT2D eigenvalue weighted by molar-refractivity contribution is 7.91. The number of benzene rings is 1. The van der Waals surface area contributed by atoms with E-state index in [0.29, 0.717) is 18.2 Å². The summed E-state index contributed by atoms with van der Waals surface area (Å²) < 4.78 is 79.3. The number of ether oxygens (including phenoxy) is 2. The normalized spacial score (nSPS) is 25.3. The quantitative estimate of drug-likeness (QED) is 0.417. The number of amides is 3. The number of hydrogen-bond acceptors (Lipinski definition) is 8. The first-order valence-corrected chi connectivity index (χ1v) is 15.6. The standard InChI is InChI=1S/C29H33F3N4O7S/c1-5-16-14-28(16,25(38)35-44(40,41)18-10-11-18)34-24(37)21-12-17(15-36(21)26(39)43-27(2,3)4)42-22-13-23(29(30,31)32)33-20-9-7-6-8-19(20)22/h5-9,13,16-18,21H,1,10-12,14-15H2,2-4H3,(H,34,37)(H,35,38)/t16?,17-,21+,28-/m1/s1. The summed E-state index contributed by atoms with van der Waals surface area (Å²) in [7, 11) is -3.91. The third-order valence-corrected chi connectivity index (χ3v) is 9.52. The second-order valence-corrected chi connectivity index (χ2v) is 14.3. The number of halogens is 3. The lowest BCUT2D eigenvalue weighted by Gasteiger charge is -2.29. The number of nitrogens with zero attached hydrogens (tertiary/aromatic N) is 2. The fourth-order valence-electron chi connectivity index (χ4n) is 5.24. The van der Waals surface area contributed by atoms with Crippen LogP contribution >= 0.6 is 0 Å². The Morgan fingerprint density at radius 1 is 1.16 bits per heavy atom. The molecule has 238 valence electrons. The number of carbonyl (C=O) groups is 3. The van der Waals surface area contributed by atoms with Gasteiger partial charge in [-0.25, -0.2) is 18.2 Å². The summed E-state index contributed by atoms with van der Waals surface area (Å²) in [5.74, 6) is -2.37. The van der Waals surface area contributed by atoms with Gasteiger partial charge in [0.2, 0.25) is 15.9 Å². The van der Waals surface area contributed by atoms with Crippen molar-refractivity contribution in [2.75, 3.05) is 6.54 Å². The number of pyridine rings is 1. The van der Waals surface area contributed by atoms with Crippen molar-refractivity contribution in [3.05, 3.63) is 48.7 Å². The molecule has 3 aliphatic rings. The summed E-state index contributed by atoms with van der Waals surface area (Å²) in [5, 5.41) is 2.27. The molecule has 3 fully saturated rings. The lowest BCUT2D eigenvalue weighted by molar-refractivity contribution is -0.141. The number of hydrogen-bond donors (Lipinski definition) is 2. The monoisotopic (exact) mass is 638 g/mol. The minimum absolute atomic E-state index is 0.0481. The lowest BCUT2D eigenvalue weighted by atomic mass is 10.1. The molecule has 3 amide bonds. The molecule has 2 N–H and O–H groups in total. The van der Waals surface area contributed by atoms with Crippen LogP contribution < -0.4 is 14.8 Å². The van der Waals surface area contributed by atoms with Crippen LogP contribution in [0.2, 0.25) is 0 Å². The Morgan fingerprint density at radius 2 is 1.84 bits per heavy atom. The van der Waals surface area contributed by atoms with Gasteiger partial charge in [-0.3, -0.25) is 19.2 Å². The zero-order valence-corrected chi connectivity index (χ0v) is 25.1. The smallest absolute Gasteiger partial charge is 0.433 e. The number of carbonyl (C=O) groups excluding carboxylic acids is 3. The average Bonchev–Trinajstić information content (AvgIpc) is 3.84. The van der Waals surface area contributed by atoms with Crippen molar-refractivity contribution in [1.82, 2.24) is 19.9 Å². The van der Waals surface area contributed by atoms with E-state index in [1.54, 1.807) is 32.9 Å². The molecule has 1 aliphatic heterocycles. The predicted molar refractivity (Wildman–Crippen MR) is 152 cm³/mol. The van der Waals surface area contributed by atoms with E-state index in [4.69, 9.17) is 9.47 Å². The maximum absolute atomic E-state index is 13.7. The molecule has 1 unspecified atom stereocenters. The van der Waals surface area contributed by atoms with Crippen molar-refractivity contribution in [1.29, 1.82) is 0 Å². The van der Waals surface area contributed by atoms with Crippen molar-refractivity contribution in [3.63, 3.8) is 0 Å². The Balaban J connectivity index is 1.41. The van der Waals surface area contributed by atoms with E-state index in [0.717, 1.165) is 11.0 Å². The van der Waals surface area contributed by atoms with E-state index >= 15 is 0 Å². The van der Waals surface area contributed by atoms with Gasteiger partial charge >= 0.3 is 12.3 Å². The van der Waals surface area contributed by atoms with Crippen LogP contribution in [0.15, 0.2) is 43.0 Å². The molecule has 1 aromatic heterocycles. The number of rotatable bonds is 8. The number of fused-ring (bicyclic) bond motifs is 1. The molecule has 0 bridgehead atoms. The van der Waals surface area contributed by atoms with Gasteiger partial charge in [0.05, 0.1) is 17.3 Å². The summed E-state index contributed by atoms with van der Waals surface area (Å²) in [6, 6.07) is 5.63. The van der Waals surface area contributed by atoms with E-state index in [-0.39, 0.29) is 30.7 Å². The molecule has 44 heavy (non-hydrogen) atoms. The number of para-hydroxylation sites is 1. The van der Waals surface area contributed by atoms with Gasteiger partial charge in [0.1, 0.15) is 34.7 Å². The van der Waals surface area contributed by atoms with Gasteiger partial charge in [-0.1, -0.05) is 18.2 Å². The van der Waals surface area contributed by atoms with Crippen LogP contribution in [0.1, 0.15) is 52.1 Å². The summed E-state index contributed by atoms with van der Waals surface area (Å²) in [6.45, 7) is 8.34. The van der Waals surface area contributed by atoms with E-state index in [1.165, 1.54) is 18.2 Å². The maximum atomic E-state index is 13.7. The van der Waals surface area contributed by atoms with E-state index in [1.807, 2.05) is 0 Å². The van der Waals surface area contributed by atoms with Gasteiger partial charge in [-0.2, -0.15) is 13.2 Å². The van der Waals surface area contributed by atoms with Crippen LogP contribution in [0, 0.1) is 5.92 Å². The molecular formula is C29H33F3N4O7S. The fourth-order valence-corrected chi connectivity index (χ4v) is 6.60. The molecule has 5 rings (SSSR count). The van der Waals surface area contributed by atoms with Gasteiger partial charge in [0, 0.05) is 23.8 Å². The van der Waals surface area contributed by atoms with E-state index in [2.05, 4.69) is 21.6 Å². The molecule has 1 saturated heterocycles.